The van der Waals surface area contributed by atoms with Crippen LogP contribution in [0.3, 0.4) is 0 Å². The van der Waals surface area contributed by atoms with Crippen molar-refractivity contribution in [3.8, 4) is 6.07 Å². The minimum atomic E-state index is -0.119. The molecule has 3 nitrogen and oxygen atoms in total. The van der Waals surface area contributed by atoms with Gasteiger partial charge in [0, 0.05) is 24.0 Å². The second kappa shape index (κ2) is 3.99. The molecule has 2 rings (SSSR count). The molecule has 0 saturated carbocycles. The smallest absolute Gasteiger partial charge is 0.133 e. The van der Waals surface area contributed by atoms with Gasteiger partial charge in [0.15, 0.2) is 0 Å². The molecule has 0 aliphatic carbocycles. The molecular formula is C9H10BrN3S. The summed E-state index contributed by atoms with van der Waals surface area (Å²) in [7, 11) is 0. The van der Waals surface area contributed by atoms with Crippen LogP contribution in [0.2, 0.25) is 0 Å². The van der Waals surface area contributed by atoms with Crippen LogP contribution in [0.15, 0.2) is 15.9 Å². The van der Waals surface area contributed by atoms with Crippen LogP contribution in [-0.2, 0) is 0 Å². The first-order chi connectivity index (χ1) is 6.70. The van der Waals surface area contributed by atoms with Gasteiger partial charge in [-0.05, 0) is 28.1 Å². The number of thiophene rings is 1. The number of nitrogens with zero attached hydrogens (tertiary/aromatic N) is 2. The van der Waals surface area contributed by atoms with Gasteiger partial charge in [0.1, 0.15) is 6.04 Å². The second-order valence-corrected chi connectivity index (χ2v) is 5.88. The van der Waals surface area contributed by atoms with Gasteiger partial charge in [0.2, 0.25) is 0 Å². The van der Waals surface area contributed by atoms with E-state index < -0.39 is 0 Å². The number of hydrogen-bond acceptors (Lipinski definition) is 4. The lowest BCUT2D eigenvalue weighted by Gasteiger charge is -2.39. The highest BCUT2D eigenvalue weighted by atomic mass is 79.9. The molecule has 0 unspecified atom stereocenters. The third kappa shape index (κ3) is 1.84. The van der Waals surface area contributed by atoms with Crippen LogP contribution < -0.4 is 5.73 Å². The molecule has 0 amide bonds. The normalized spacial score (nSPS) is 20.1. The Hall–Kier alpha value is -0.410. The molecule has 74 valence electrons. The Morgan fingerprint density at radius 3 is 2.79 bits per heavy atom. The summed E-state index contributed by atoms with van der Waals surface area (Å²) in [5.74, 6) is 0. The molecule has 1 atom stereocenters. The molecule has 1 fully saturated rings. The Labute approximate surface area is 95.3 Å². The highest BCUT2D eigenvalue weighted by Gasteiger charge is 2.31. The SMILES string of the molecule is N#C[C@@H](c1ccc(Br)s1)N1CC(N)C1. The largest absolute Gasteiger partial charge is 0.325 e. The summed E-state index contributed by atoms with van der Waals surface area (Å²) in [5, 5.41) is 9.07. The van der Waals surface area contributed by atoms with E-state index in [1.54, 1.807) is 11.3 Å². The Morgan fingerprint density at radius 1 is 1.64 bits per heavy atom. The van der Waals surface area contributed by atoms with Gasteiger partial charge in [0.25, 0.3) is 0 Å². The summed E-state index contributed by atoms with van der Waals surface area (Å²) < 4.78 is 1.07. The van der Waals surface area contributed by atoms with Gasteiger partial charge in [-0.25, -0.2) is 0 Å². The van der Waals surface area contributed by atoms with Crippen molar-refractivity contribution in [3.63, 3.8) is 0 Å². The van der Waals surface area contributed by atoms with E-state index in [-0.39, 0.29) is 12.1 Å². The lowest BCUT2D eigenvalue weighted by atomic mass is 10.1. The molecule has 1 saturated heterocycles. The van der Waals surface area contributed by atoms with Crippen LogP contribution in [0.25, 0.3) is 0 Å². The lowest BCUT2D eigenvalue weighted by molar-refractivity contribution is 0.123. The first-order valence-electron chi connectivity index (χ1n) is 4.35. The van der Waals surface area contributed by atoms with E-state index in [4.69, 9.17) is 11.0 Å². The Balaban J connectivity index is 2.11. The molecule has 0 spiro atoms. The fourth-order valence-electron chi connectivity index (χ4n) is 1.56. The van der Waals surface area contributed by atoms with Crippen LogP contribution in [-0.4, -0.2) is 24.0 Å². The van der Waals surface area contributed by atoms with Crippen molar-refractivity contribution in [3.05, 3.63) is 20.8 Å². The minimum absolute atomic E-state index is 0.119. The predicted molar refractivity (Wildman–Crippen MR) is 59.9 cm³/mol. The number of nitriles is 1. The molecule has 2 heterocycles. The van der Waals surface area contributed by atoms with Crippen LogP contribution in [0.1, 0.15) is 10.9 Å². The van der Waals surface area contributed by atoms with E-state index in [2.05, 4.69) is 26.9 Å². The maximum atomic E-state index is 9.07. The van der Waals surface area contributed by atoms with Gasteiger partial charge >= 0.3 is 0 Å². The third-order valence-corrected chi connectivity index (χ3v) is 3.97. The fraction of sp³-hybridized carbons (Fsp3) is 0.444. The number of likely N-dealkylation sites (tertiary alicyclic amines) is 1. The number of rotatable bonds is 2. The van der Waals surface area contributed by atoms with Crippen molar-refractivity contribution in [2.24, 2.45) is 5.73 Å². The monoisotopic (exact) mass is 271 g/mol. The minimum Gasteiger partial charge on any atom is -0.325 e. The molecular weight excluding hydrogens is 262 g/mol. The second-order valence-electron chi connectivity index (χ2n) is 3.39. The van der Waals surface area contributed by atoms with E-state index >= 15 is 0 Å². The summed E-state index contributed by atoms with van der Waals surface area (Å²) in [5.41, 5.74) is 5.69. The summed E-state index contributed by atoms with van der Waals surface area (Å²) >= 11 is 5.01. The van der Waals surface area contributed by atoms with Gasteiger partial charge < -0.3 is 5.73 Å². The standard InChI is InChI=1S/C9H10BrN3S/c10-9-2-1-8(14-9)7(3-11)13-4-6(12)5-13/h1-2,6-7H,4-5,12H2/t7-/m0/s1. The highest BCUT2D eigenvalue weighted by molar-refractivity contribution is 9.11. The summed E-state index contributed by atoms with van der Waals surface area (Å²) in [6.45, 7) is 1.65. The first kappa shape index (κ1) is 10.1. The molecule has 5 heteroatoms. The first-order valence-corrected chi connectivity index (χ1v) is 5.96. The lowest BCUT2D eigenvalue weighted by Crippen LogP contribution is -2.56. The van der Waals surface area contributed by atoms with E-state index in [1.165, 1.54) is 0 Å². The Morgan fingerprint density at radius 2 is 2.36 bits per heavy atom. The van der Waals surface area contributed by atoms with Crippen molar-refractivity contribution in [2.75, 3.05) is 13.1 Å². The van der Waals surface area contributed by atoms with Crippen molar-refractivity contribution >= 4 is 27.3 Å². The molecule has 1 aliphatic heterocycles. The average Bonchev–Trinajstić information content (AvgIpc) is 2.50. The zero-order valence-corrected chi connectivity index (χ0v) is 9.88. The molecule has 0 radical (unpaired) electrons. The summed E-state index contributed by atoms with van der Waals surface area (Å²) in [6.07, 6.45) is 0. The summed E-state index contributed by atoms with van der Waals surface area (Å²) in [6, 6.07) is 6.41. The maximum absolute atomic E-state index is 9.07. The molecule has 1 aliphatic rings. The molecule has 0 aromatic carbocycles. The highest BCUT2D eigenvalue weighted by Crippen LogP contribution is 2.32. The van der Waals surface area contributed by atoms with Gasteiger partial charge in [-0.3, -0.25) is 4.90 Å². The van der Waals surface area contributed by atoms with E-state index in [9.17, 15) is 0 Å². The molecule has 14 heavy (non-hydrogen) atoms. The zero-order valence-electron chi connectivity index (χ0n) is 7.48. The van der Waals surface area contributed by atoms with Crippen molar-refractivity contribution in [1.82, 2.24) is 4.90 Å². The van der Waals surface area contributed by atoms with E-state index in [0.717, 1.165) is 21.8 Å². The Bertz CT molecular complexity index is 364. The van der Waals surface area contributed by atoms with Gasteiger partial charge in [-0.2, -0.15) is 5.26 Å². The topological polar surface area (TPSA) is 53.0 Å². The Kier molecular flexibility index (Phi) is 2.88. The number of halogens is 1. The zero-order chi connectivity index (χ0) is 10.1. The van der Waals surface area contributed by atoms with Crippen molar-refractivity contribution in [1.29, 1.82) is 5.26 Å². The van der Waals surface area contributed by atoms with Gasteiger partial charge in [-0.1, -0.05) is 0 Å². The van der Waals surface area contributed by atoms with Gasteiger partial charge in [-0.15, -0.1) is 11.3 Å². The molecule has 1 aromatic rings. The number of nitrogens with two attached hydrogens (primary N) is 1. The van der Waals surface area contributed by atoms with Crippen LogP contribution in [0, 0.1) is 11.3 Å². The van der Waals surface area contributed by atoms with Crippen LogP contribution in [0.4, 0.5) is 0 Å². The van der Waals surface area contributed by atoms with Crippen LogP contribution in [0.5, 0.6) is 0 Å². The van der Waals surface area contributed by atoms with Crippen LogP contribution >= 0.6 is 27.3 Å². The molecule has 0 bridgehead atoms. The third-order valence-electron chi connectivity index (χ3n) is 2.29. The average molecular weight is 272 g/mol. The number of hydrogen-bond donors (Lipinski definition) is 1. The van der Waals surface area contributed by atoms with Crippen molar-refractivity contribution in [2.45, 2.75) is 12.1 Å². The van der Waals surface area contributed by atoms with E-state index in [1.807, 2.05) is 12.1 Å². The predicted octanol–water partition coefficient (Wildman–Crippen LogP) is 1.72. The maximum Gasteiger partial charge on any atom is 0.133 e. The van der Waals surface area contributed by atoms with Gasteiger partial charge in [0.05, 0.1) is 9.86 Å². The quantitative estimate of drug-likeness (QED) is 0.891. The fourth-order valence-corrected chi connectivity index (χ4v) is 3.06. The van der Waals surface area contributed by atoms with Crippen molar-refractivity contribution < 1.29 is 0 Å². The molecule has 2 N–H and O–H groups in total. The van der Waals surface area contributed by atoms with E-state index in [0.29, 0.717) is 0 Å². The summed E-state index contributed by atoms with van der Waals surface area (Å²) in [4.78, 5) is 3.19. The molecule has 1 aromatic heterocycles.